The van der Waals surface area contributed by atoms with Gasteiger partial charge in [-0.05, 0) is 6.08 Å². The number of hydrogen-bond acceptors (Lipinski definition) is 1. The third kappa shape index (κ3) is 6.36. The molecule has 1 N–H and O–H groups in total. The number of rotatable bonds is 3. The van der Waals surface area contributed by atoms with Crippen LogP contribution in [0.1, 0.15) is 20.3 Å². The molecule has 0 saturated carbocycles. The van der Waals surface area contributed by atoms with Crippen LogP contribution in [0.4, 0.5) is 0 Å². The van der Waals surface area contributed by atoms with Gasteiger partial charge in [-0.1, -0.05) is 40.1 Å². The van der Waals surface area contributed by atoms with Crippen molar-refractivity contribution in [3.8, 4) is 11.5 Å². The van der Waals surface area contributed by atoms with Gasteiger partial charge >= 0.3 is 0 Å². The molecule has 0 aromatic rings. The summed E-state index contributed by atoms with van der Waals surface area (Å²) >= 11 is 0. The van der Waals surface area contributed by atoms with Crippen molar-refractivity contribution in [3.05, 3.63) is 18.4 Å². The van der Waals surface area contributed by atoms with Crippen LogP contribution in [-0.4, -0.2) is 19.3 Å². The lowest BCUT2D eigenvalue weighted by Gasteiger charge is -2.25. The van der Waals surface area contributed by atoms with Crippen LogP contribution in [0.25, 0.3) is 0 Å². The Morgan fingerprint density at radius 3 is 2.33 bits per heavy atom. The Labute approximate surface area is 94.9 Å². The molecular weight excluding hydrogens is 200 g/mol. The molecule has 0 spiro atoms. The monoisotopic (exact) mass is 222 g/mol. The summed E-state index contributed by atoms with van der Waals surface area (Å²) in [6.07, 6.45) is 1.78. The average molecular weight is 222 g/mol. The average Bonchev–Trinajstić information content (AvgIpc) is 2.01. The van der Waals surface area contributed by atoms with Crippen molar-refractivity contribution >= 4 is 8.07 Å². The molecule has 84 valence electrons. The Hall–Kier alpha value is -0.743. The summed E-state index contributed by atoms with van der Waals surface area (Å²) < 4.78 is 0. The van der Waals surface area contributed by atoms with Crippen LogP contribution in [-0.2, 0) is 0 Å². The maximum atomic E-state index is 9.79. The largest absolute Gasteiger partial charge is 0.388 e. The van der Waals surface area contributed by atoms with Gasteiger partial charge in [-0.25, -0.2) is 0 Å². The van der Waals surface area contributed by atoms with Gasteiger partial charge < -0.3 is 5.11 Å². The fourth-order valence-electron chi connectivity index (χ4n) is 0.979. The zero-order chi connectivity index (χ0) is 12.1. The van der Waals surface area contributed by atoms with E-state index >= 15 is 0 Å². The molecular formula is C13H22OSi. The van der Waals surface area contributed by atoms with E-state index in [1.807, 2.05) is 13.8 Å². The number of hydrogen-bond donors (Lipinski definition) is 1. The summed E-state index contributed by atoms with van der Waals surface area (Å²) in [6.45, 7) is 14.1. The van der Waals surface area contributed by atoms with E-state index in [1.54, 1.807) is 6.08 Å². The minimum atomic E-state index is -1.29. The maximum absolute atomic E-state index is 9.79. The van der Waals surface area contributed by atoms with Crippen LogP contribution in [0, 0.1) is 16.9 Å². The summed E-state index contributed by atoms with van der Waals surface area (Å²) in [4.78, 5) is 0. The molecule has 0 aliphatic carbocycles. The third-order valence-corrected chi connectivity index (χ3v) is 3.01. The highest BCUT2D eigenvalue weighted by Crippen LogP contribution is 2.25. The Morgan fingerprint density at radius 2 is 1.93 bits per heavy atom. The molecule has 15 heavy (non-hydrogen) atoms. The van der Waals surface area contributed by atoms with Crippen LogP contribution < -0.4 is 0 Å². The highest BCUT2D eigenvalue weighted by atomic mass is 28.3. The Kier molecular flexibility index (Phi) is 5.10. The lowest BCUT2D eigenvalue weighted by Crippen LogP contribution is -2.27. The molecule has 0 saturated heterocycles. The first kappa shape index (κ1) is 14.3. The molecule has 1 nitrogen and oxygen atoms in total. The van der Waals surface area contributed by atoms with Crippen molar-refractivity contribution in [1.82, 2.24) is 0 Å². The molecule has 0 radical (unpaired) electrons. The molecule has 0 heterocycles. The molecule has 0 aromatic heterocycles. The Morgan fingerprint density at radius 1 is 1.40 bits per heavy atom. The van der Waals surface area contributed by atoms with E-state index in [2.05, 4.69) is 43.4 Å². The Balaban J connectivity index is 4.50. The van der Waals surface area contributed by atoms with Crippen LogP contribution in [0.5, 0.6) is 0 Å². The quantitative estimate of drug-likeness (QED) is 0.442. The van der Waals surface area contributed by atoms with Crippen molar-refractivity contribution in [2.24, 2.45) is 5.41 Å². The topological polar surface area (TPSA) is 20.2 Å². The van der Waals surface area contributed by atoms with E-state index in [0.29, 0.717) is 6.42 Å². The van der Waals surface area contributed by atoms with Gasteiger partial charge in [0.05, 0.1) is 6.10 Å². The van der Waals surface area contributed by atoms with Crippen molar-refractivity contribution < 1.29 is 5.11 Å². The van der Waals surface area contributed by atoms with Gasteiger partial charge in [-0.15, -0.1) is 17.2 Å². The second-order valence-corrected chi connectivity index (χ2v) is 10.3. The first-order chi connectivity index (χ1) is 6.69. The number of aliphatic hydroxyl groups is 1. The molecule has 0 rings (SSSR count). The van der Waals surface area contributed by atoms with E-state index < -0.39 is 14.2 Å². The van der Waals surface area contributed by atoms with Crippen LogP contribution in [0.3, 0.4) is 0 Å². The zero-order valence-corrected chi connectivity index (χ0v) is 11.5. The van der Waals surface area contributed by atoms with E-state index in [-0.39, 0.29) is 5.41 Å². The van der Waals surface area contributed by atoms with Gasteiger partial charge in [0.25, 0.3) is 0 Å². The van der Waals surface area contributed by atoms with Crippen LogP contribution in [0.2, 0.25) is 19.6 Å². The standard InChI is InChI=1S/C13H22OSi/c1-7-9-12(14)13(2,3)10-8-11-15(4,5)6/h9,12,14H,1,10H2,2-6H3. The smallest absolute Gasteiger partial charge is 0.129 e. The van der Waals surface area contributed by atoms with Crippen molar-refractivity contribution in [2.45, 2.75) is 46.0 Å². The molecule has 1 unspecified atom stereocenters. The lowest BCUT2D eigenvalue weighted by molar-refractivity contribution is 0.0949. The Bertz CT molecular complexity index is 306. The summed E-state index contributed by atoms with van der Waals surface area (Å²) in [7, 11) is -1.29. The van der Waals surface area contributed by atoms with E-state index in [4.69, 9.17) is 0 Å². The van der Waals surface area contributed by atoms with Crippen molar-refractivity contribution in [2.75, 3.05) is 0 Å². The van der Waals surface area contributed by atoms with Gasteiger partial charge in [0.2, 0.25) is 0 Å². The van der Waals surface area contributed by atoms with E-state index in [9.17, 15) is 5.11 Å². The highest BCUT2D eigenvalue weighted by Gasteiger charge is 2.24. The SMILES string of the molecule is C=C=CC(O)C(C)(C)CC#C[Si](C)(C)C. The molecule has 0 amide bonds. The van der Waals surface area contributed by atoms with Crippen LogP contribution >= 0.6 is 0 Å². The summed E-state index contributed by atoms with van der Waals surface area (Å²) in [5.41, 5.74) is 5.69. The maximum Gasteiger partial charge on any atom is 0.129 e. The van der Waals surface area contributed by atoms with E-state index in [1.165, 1.54) is 0 Å². The fourth-order valence-corrected chi connectivity index (χ4v) is 1.60. The summed E-state index contributed by atoms with van der Waals surface area (Å²) in [5.74, 6) is 3.19. The zero-order valence-electron chi connectivity index (χ0n) is 10.5. The molecule has 0 bridgehead atoms. The second-order valence-electron chi connectivity index (χ2n) is 5.53. The predicted octanol–water partition coefficient (Wildman–Crippen LogP) is 2.99. The first-order valence-electron chi connectivity index (χ1n) is 5.23. The van der Waals surface area contributed by atoms with Gasteiger partial charge in [-0.2, -0.15) is 0 Å². The van der Waals surface area contributed by atoms with Gasteiger partial charge in [0, 0.05) is 11.8 Å². The minimum absolute atomic E-state index is 0.225. The predicted molar refractivity (Wildman–Crippen MR) is 69.2 cm³/mol. The molecule has 0 aliphatic rings. The first-order valence-corrected chi connectivity index (χ1v) is 8.73. The summed E-state index contributed by atoms with van der Waals surface area (Å²) in [5, 5.41) is 9.79. The molecule has 1 atom stereocenters. The van der Waals surface area contributed by atoms with Crippen LogP contribution in [0.15, 0.2) is 18.4 Å². The molecule has 0 aliphatic heterocycles. The van der Waals surface area contributed by atoms with Gasteiger partial charge in [0.15, 0.2) is 0 Å². The minimum Gasteiger partial charge on any atom is -0.388 e. The van der Waals surface area contributed by atoms with Crippen molar-refractivity contribution in [1.29, 1.82) is 0 Å². The summed E-state index contributed by atoms with van der Waals surface area (Å²) in [6, 6.07) is 0. The third-order valence-electron chi connectivity index (χ3n) is 2.08. The molecule has 2 heteroatoms. The van der Waals surface area contributed by atoms with E-state index in [0.717, 1.165) is 0 Å². The lowest BCUT2D eigenvalue weighted by atomic mass is 9.83. The normalized spacial score (nSPS) is 13.5. The fraction of sp³-hybridized carbons (Fsp3) is 0.615. The molecule has 0 aromatic carbocycles. The highest BCUT2D eigenvalue weighted by molar-refractivity contribution is 6.83. The second kappa shape index (κ2) is 5.37. The van der Waals surface area contributed by atoms with Gasteiger partial charge in [-0.3, -0.25) is 0 Å². The van der Waals surface area contributed by atoms with Crippen molar-refractivity contribution in [3.63, 3.8) is 0 Å². The number of aliphatic hydroxyl groups excluding tert-OH is 1. The molecule has 0 fully saturated rings. The van der Waals surface area contributed by atoms with Gasteiger partial charge in [0.1, 0.15) is 8.07 Å².